The average Bonchev–Trinajstić information content (AvgIpc) is 2.04. The van der Waals surface area contributed by atoms with Gasteiger partial charge in [0.2, 0.25) is 0 Å². The van der Waals surface area contributed by atoms with Crippen LogP contribution in [0.5, 0.6) is 0 Å². The molecule has 3 heteroatoms. The minimum Gasteiger partial charge on any atom is -0.315 e. The monoisotopic (exact) mass is 183 g/mol. The van der Waals surface area contributed by atoms with Gasteiger partial charge in [0.1, 0.15) is 11.6 Å². The Morgan fingerprint density at radius 2 is 1.54 bits per heavy atom. The molecule has 13 heavy (non-hydrogen) atoms. The summed E-state index contributed by atoms with van der Waals surface area (Å²) in [6.07, 6.45) is 1.42. The molecule has 3 nitrogen and oxygen atoms in total. The predicted octanol–water partition coefficient (Wildman–Crippen LogP) is 0.924. The Hall–Kier alpha value is -0.700. The van der Waals surface area contributed by atoms with Crippen LogP contribution in [0.25, 0.3) is 0 Å². The zero-order valence-electron chi connectivity index (χ0n) is 8.35. The van der Waals surface area contributed by atoms with E-state index in [-0.39, 0.29) is 23.4 Å². The van der Waals surface area contributed by atoms with Gasteiger partial charge in [-0.1, -0.05) is 13.8 Å². The first-order chi connectivity index (χ1) is 6.20. The molecule has 2 aliphatic rings. The van der Waals surface area contributed by atoms with Crippen molar-refractivity contribution in [1.29, 1.82) is 0 Å². The zero-order chi connectivity index (χ0) is 9.90. The van der Waals surface area contributed by atoms with Gasteiger partial charge in [-0.3, -0.25) is 9.59 Å². The molecule has 2 rings (SSSR count). The van der Waals surface area contributed by atoms with Crippen LogP contribution < -0.4 is 5.32 Å². The first-order valence-electron chi connectivity index (χ1n) is 4.94. The first-order valence-corrected chi connectivity index (χ1v) is 4.94. The lowest BCUT2D eigenvalue weighted by atomic mass is 9.69. The Labute approximate surface area is 78.9 Å². The third kappa shape index (κ3) is 2.15. The molecule has 0 amide bonds. The highest BCUT2D eigenvalue weighted by molar-refractivity contribution is 6.02. The molecule has 74 valence electrons. The number of hydrogen-bond donors (Lipinski definition) is 1. The number of nitrogens with one attached hydrogen (secondary N) is 1. The molecule has 0 aromatic rings. The first kappa shape index (κ1) is 10.4. The van der Waals surface area contributed by atoms with E-state index in [0.717, 1.165) is 13.1 Å². The van der Waals surface area contributed by atoms with Crippen LogP contribution in [0.15, 0.2) is 0 Å². The summed E-state index contributed by atoms with van der Waals surface area (Å²) in [6.45, 7) is 5.70. The van der Waals surface area contributed by atoms with E-state index in [4.69, 9.17) is 0 Å². The van der Waals surface area contributed by atoms with Gasteiger partial charge in [0.15, 0.2) is 0 Å². The molecule has 1 spiro atoms. The van der Waals surface area contributed by atoms with Gasteiger partial charge in [-0.15, -0.1) is 0 Å². The quantitative estimate of drug-likeness (QED) is 0.568. The fraction of sp³-hybridized carbons (Fsp3) is 0.800. The fourth-order valence-corrected chi connectivity index (χ4v) is 1.97. The van der Waals surface area contributed by atoms with Crippen LogP contribution >= 0.6 is 0 Å². The van der Waals surface area contributed by atoms with Crippen molar-refractivity contribution >= 4 is 11.6 Å². The van der Waals surface area contributed by atoms with E-state index in [9.17, 15) is 9.59 Å². The van der Waals surface area contributed by atoms with Crippen molar-refractivity contribution in [3.05, 3.63) is 0 Å². The van der Waals surface area contributed by atoms with Gasteiger partial charge >= 0.3 is 0 Å². The van der Waals surface area contributed by atoms with Crippen molar-refractivity contribution in [1.82, 2.24) is 5.32 Å². The molecule has 0 atom stereocenters. The highest BCUT2D eigenvalue weighted by Gasteiger charge is 2.43. The normalized spacial score (nSPS) is 24.8. The van der Waals surface area contributed by atoms with Crippen molar-refractivity contribution in [2.45, 2.75) is 33.1 Å². The highest BCUT2D eigenvalue weighted by Crippen LogP contribution is 2.35. The van der Waals surface area contributed by atoms with Gasteiger partial charge in [0, 0.05) is 31.3 Å². The van der Waals surface area contributed by atoms with Crippen LogP contribution in [0.1, 0.15) is 33.1 Å². The van der Waals surface area contributed by atoms with E-state index < -0.39 is 0 Å². The number of hydrogen-bond acceptors (Lipinski definition) is 3. The lowest BCUT2D eigenvalue weighted by Crippen LogP contribution is -2.57. The lowest BCUT2D eigenvalue weighted by Gasteiger charge is -2.43. The highest BCUT2D eigenvalue weighted by atomic mass is 16.1. The molecule has 1 aliphatic carbocycles. The fourth-order valence-electron chi connectivity index (χ4n) is 1.97. The third-order valence-electron chi connectivity index (χ3n) is 2.54. The number of carbonyl (C=O) groups excluding carboxylic acids is 2. The summed E-state index contributed by atoms with van der Waals surface area (Å²) in [6, 6.07) is 0. The second-order valence-corrected chi connectivity index (χ2v) is 3.71. The van der Waals surface area contributed by atoms with Crippen LogP contribution in [0, 0.1) is 5.41 Å². The molecule has 0 aromatic carbocycles. The summed E-state index contributed by atoms with van der Waals surface area (Å²) >= 11 is 0. The van der Waals surface area contributed by atoms with E-state index >= 15 is 0 Å². The topological polar surface area (TPSA) is 46.2 Å². The molecular weight excluding hydrogens is 166 g/mol. The minimum absolute atomic E-state index is 0.0341. The van der Waals surface area contributed by atoms with Crippen LogP contribution in [0.4, 0.5) is 0 Å². The standard InChI is InChI=1S/C8H11NO2.C2H6/c10-6-1-7(11)3-8(2-6)4-9-5-8;1-2/h9H,1-5H2;1-2H3. The van der Waals surface area contributed by atoms with E-state index in [1.54, 1.807) is 0 Å². The van der Waals surface area contributed by atoms with Crippen molar-refractivity contribution in [3.63, 3.8) is 0 Å². The smallest absolute Gasteiger partial charge is 0.140 e. The van der Waals surface area contributed by atoms with Crippen molar-refractivity contribution in [2.24, 2.45) is 5.41 Å². The number of rotatable bonds is 0. The molecule has 1 N–H and O–H groups in total. The summed E-state index contributed by atoms with van der Waals surface area (Å²) < 4.78 is 0. The second-order valence-electron chi connectivity index (χ2n) is 3.71. The van der Waals surface area contributed by atoms with E-state index in [2.05, 4.69) is 5.32 Å². The Balaban J connectivity index is 0.000000396. The van der Waals surface area contributed by atoms with E-state index in [0.29, 0.717) is 12.8 Å². The molecule has 1 saturated carbocycles. The van der Waals surface area contributed by atoms with Crippen LogP contribution in [-0.4, -0.2) is 24.7 Å². The van der Waals surface area contributed by atoms with Crippen LogP contribution in [-0.2, 0) is 9.59 Å². The van der Waals surface area contributed by atoms with Crippen LogP contribution in [0.2, 0.25) is 0 Å². The van der Waals surface area contributed by atoms with Crippen molar-refractivity contribution in [3.8, 4) is 0 Å². The van der Waals surface area contributed by atoms with Crippen molar-refractivity contribution in [2.75, 3.05) is 13.1 Å². The summed E-state index contributed by atoms with van der Waals surface area (Å²) in [5.74, 6) is 0.255. The molecule has 2 fully saturated rings. The summed E-state index contributed by atoms with van der Waals surface area (Å²) in [5.41, 5.74) is 0.0341. The predicted molar refractivity (Wildman–Crippen MR) is 50.5 cm³/mol. The maximum atomic E-state index is 11.0. The number of carbonyl (C=O) groups is 2. The Kier molecular flexibility index (Phi) is 3.20. The second kappa shape index (κ2) is 4.01. The third-order valence-corrected chi connectivity index (χ3v) is 2.54. The zero-order valence-corrected chi connectivity index (χ0v) is 8.35. The SMILES string of the molecule is CC.O=C1CC(=O)CC2(CNC2)C1. The summed E-state index contributed by atoms with van der Waals surface area (Å²) in [5, 5.41) is 3.11. The van der Waals surface area contributed by atoms with Gasteiger partial charge in [0.25, 0.3) is 0 Å². The van der Waals surface area contributed by atoms with E-state index in [1.807, 2.05) is 13.8 Å². The van der Waals surface area contributed by atoms with Gasteiger partial charge in [0.05, 0.1) is 6.42 Å². The number of Topliss-reactive ketones (excluding diaryl/α,β-unsaturated/α-hetero) is 2. The molecule has 0 aromatic heterocycles. The number of ketones is 2. The van der Waals surface area contributed by atoms with Crippen molar-refractivity contribution < 1.29 is 9.59 Å². The lowest BCUT2D eigenvalue weighted by molar-refractivity contribution is -0.135. The van der Waals surface area contributed by atoms with Crippen LogP contribution in [0.3, 0.4) is 0 Å². The summed E-state index contributed by atoms with van der Waals surface area (Å²) in [4.78, 5) is 22.1. The molecule has 0 radical (unpaired) electrons. The molecule has 1 saturated heterocycles. The largest absolute Gasteiger partial charge is 0.315 e. The molecule has 0 unspecified atom stereocenters. The van der Waals surface area contributed by atoms with Gasteiger partial charge in [-0.2, -0.15) is 0 Å². The van der Waals surface area contributed by atoms with E-state index in [1.165, 1.54) is 0 Å². The summed E-state index contributed by atoms with van der Waals surface area (Å²) in [7, 11) is 0. The maximum absolute atomic E-state index is 11.0. The molecule has 1 aliphatic heterocycles. The Bertz CT molecular complexity index is 201. The van der Waals surface area contributed by atoms with Gasteiger partial charge in [-0.25, -0.2) is 0 Å². The molecular formula is C10H17NO2. The molecule has 0 bridgehead atoms. The van der Waals surface area contributed by atoms with Gasteiger partial charge < -0.3 is 5.32 Å². The maximum Gasteiger partial charge on any atom is 0.140 e. The average molecular weight is 183 g/mol. The Morgan fingerprint density at radius 1 is 1.08 bits per heavy atom. The minimum atomic E-state index is 0.0341. The van der Waals surface area contributed by atoms with Gasteiger partial charge in [-0.05, 0) is 0 Å². The Morgan fingerprint density at radius 3 is 1.85 bits per heavy atom. The molecule has 1 heterocycles.